The maximum Gasteiger partial charge on any atom is 0.309 e. The number of carbonyl (C=O) groups is 2. The summed E-state index contributed by atoms with van der Waals surface area (Å²) >= 11 is 0. The first-order valence-electron chi connectivity index (χ1n) is 8.38. The lowest BCUT2D eigenvalue weighted by Gasteiger charge is -2.36. The van der Waals surface area contributed by atoms with E-state index in [4.69, 9.17) is 4.74 Å². The summed E-state index contributed by atoms with van der Waals surface area (Å²) in [6.45, 7) is 5.20. The van der Waals surface area contributed by atoms with Gasteiger partial charge in [-0.3, -0.25) is 14.5 Å². The van der Waals surface area contributed by atoms with E-state index < -0.39 is 11.8 Å². The summed E-state index contributed by atoms with van der Waals surface area (Å²) in [6.07, 6.45) is 0. The monoisotopic (exact) mass is 352 g/mol. The van der Waals surface area contributed by atoms with Gasteiger partial charge < -0.3 is 20.3 Å². The van der Waals surface area contributed by atoms with Gasteiger partial charge in [0.05, 0.1) is 6.61 Å². The maximum atomic E-state index is 13.0. The smallest absolute Gasteiger partial charge is 0.309 e. The highest BCUT2D eigenvalue weighted by Crippen LogP contribution is 2.16. The van der Waals surface area contributed by atoms with Gasteiger partial charge >= 0.3 is 11.8 Å². The Labute approximate surface area is 147 Å². The summed E-state index contributed by atoms with van der Waals surface area (Å²) in [5.41, 5.74) is 1.02. The lowest BCUT2D eigenvalue weighted by atomic mass is 10.2. The molecule has 8 heteroatoms. The van der Waals surface area contributed by atoms with Crippen LogP contribution in [0.4, 0.5) is 10.1 Å². The molecule has 1 heterocycles. The average molecular weight is 352 g/mol. The molecule has 0 aromatic heterocycles. The standard InChI is InChI=1S/C17H25FN4O3/c1-25-13-7-20-17(24)16(23)19-6-8-21-9-11-22(12-10-21)15-4-2-14(18)3-5-15/h2-5H,6-13H2,1H3,(H,19,23)(H,20,24). The average Bonchev–Trinajstić information content (AvgIpc) is 2.63. The molecule has 0 unspecified atom stereocenters. The Kier molecular flexibility index (Phi) is 7.62. The van der Waals surface area contributed by atoms with E-state index in [9.17, 15) is 14.0 Å². The van der Waals surface area contributed by atoms with Gasteiger partial charge in [-0.2, -0.15) is 0 Å². The fourth-order valence-corrected chi connectivity index (χ4v) is 2.64. The van der Waals surface area contributed by atoms with E-state index in [-0.39, 0.29) is 5.82 Å². The minimum Gasteiger partial charge on any atom is -0.383 e. The molecule has 0 atom stereocenters. The van der Waals surface area contributed by atoms with Crippen LogP contribution in [0.25, 0.3) is 0 Å². The number of amides is 2. The molecule has 1 aromatic rings. The van der Waals surface area contributed by atoms with Gasteiger partial charge in [-0.05, 0) is 24.3 Å². The highest BCUT2D eigenvalue weighted by atomic mass is 19.1. The minimum atomic E-state index is -0.641. The van der Waals surface area contributed by atoms with Gasteiger partial charge in [0.15, 0.2) is 0 Å². The zero-order chi connectivity index (χ0) is 18.1. The van der Waals surface area contributed by atoms with Crippen LogP contribution in [0.5, 0.6) is 0 Å². The quantitative estimate of drug-likeness (QED) is 0.526. The minimum absolute atomic E-state index is 0.232. The van der Waals surface area contributed by atoms with Crippen molar-refractivity contribution in [3.05, 3.63) is 30.1 Å². The first-order valence-corrected chi connectivity index (χ1v) is 8.38. The second kappa shape index (κ2) is 9.95. The van der Waals surface area contributed by atoms with Crippen LogP contribution in [0.15, 0.2) is 24.3 Å². The first kappa shape index (κ1) is 19.1. The van der Waals surface area contributed by atoms with E-state index in [0.29, 0.717) is 26.2 Å². The largest absolute Gasteiger partial charge is 0.383 e. The van der Waals surface area contributed by atoms with E-state index in [1.165, 1.54) is 19.2 Å². The van der Waals surface area contributed by atoms with E-state index in [0.717, 1.165) is 31.9 Å². The van der Waals surface area contributed by atoms with E-state index in [1.54, 1.807) is 12.1 Å². The van der Waals surface area contributed by atoms with Crippen LogP contribution in [0.2, 0.25) is 0 Å². The Balaban J connectivity index is 1.63. The third-order valence-corrected chi connectivity index (χ3v) is 4.08. The van der Waals surface area contributed by atoms with Crippen molar-refractivity contribution in [3.8, 4) is 0 Å². The summed E-state index contributed by atoms with van der Waals surface area (Å²) < 4.78 is 17.8. The van der Waals surface area contributed by atoms with Crippen molar-refractivity contribution in [3.63, 3.8) is 0 Å². The van der Waals surface area contributed by atoms with Gasteiger partial charge in [0, 0.05) is 58.6 Å². The highest BCUT2D eigenvalue weighted by Gasteiger charge is 2.18. The van der Waals surface area contributed by atoms with Crippen LogP contribution in [0, 0.1) is 5.82 Å². The second-order valence-corrected chi connectivity index (χ2v) is 5.81. The molecule has 138 valence electrons. The topological polar surface area (TPSA) is 73.9 Å². The molecule has 1 saturated heterocycles. The number of benzene rings is 1. The molecule has 2 rings (SSSR count). The van der Waals surface area contributed by atoms with Crippen molar-refractivity contribution < 1.29 is 18.7 Å². The molecule has 0 radical (unpaired) electrons. The maximum absolute atomic E-state index is 13.0. The van der Waals surface area contributed by atoms with Crippen LogP contribution >= 0.6 is 0 Å². The second-order valence-electron chi connectivity index (χ2n) is 5.81. The summed E-state index contributed by atoms with van der Waals surface area (Å²) in [7, 11) is 1.53. The van der Waals surface area contributed by atoms with E-state index in [1.807, 2.05) is 0 Å². The van der Waals surface area contributed by atoms with E-state index in [2.05, 4.69) is 20.4 Å². The molecule has 25 heavy (non-hydrogen) atoms. The third kappa shape index (κ3) is 6.32. The Hall–Kier alpha value is -2.19. The summed E-state index contributed by atoms with van der Waals surface area (Å²) in [4.78, 5) is 27.6. The number of rotatable bonds is 7. The van der Waals surface area contributed by atoms with Crippen molar-refractivity contribution in [1.29, 1.82) is 0 Å². The lowest BCUT2D eigenvalue weighted by molar-refractivity contribution is -0.139. The Morgan fingerprint density at radius 1 is 1.04 bits per heavy atom. The molecule has 2 amide bonds. The number of halogens is 1. The number of anilines is 1. The number of hydrogen-bond acceptors (Lipinski definition) is 5. The zero-order valence-corrected chi connectivity index (χ0v) is 14.5. The molecule has 0 bridgehead atoms. The van der Waals surface area contributed by atoms with Gasteiger partial charge in [-0.1, -0.05) is 0 Å². The summed E-state index contributed by atoms with van der Waals surface area (Å²) in [5, 5.41) is 5.09. The number of nitrogens with one attached hydrogen (secondary N) is 2. The predicted octanol–water partition coefficient (Wildman–Crippen LogP) is -0.173. The molecule has 0 spiro atoms. The Bertz CT molecular complexity index is 560. The predicted molar refractivity (Wildman–Crippen MR) is 92.9 cm³/mol. The van der Waals surface area contributed by atoms with Gasteiger partial charge in [-0.25, -0.2) is 4.39 Å². The number of nitrogens with zero attached hydrogens (tertiary/aromatic N) is 2. The van der Waals surface area contributed by atoms with Crippen molar-refractivity contribution in [2.75, 3.05) is 64.4 Å². The molecule has 1 aliphatic rings. The van der Waals surface area contributed by atoms with Crippen LogP contribution < -0.4 is 15.5 Å². The normalized spacial score (nSPS) is 15.0. The molecule has 1 aromatic carbocycles. The molecule has 7 nitrogen and oxygen atoms in total. The lowest BCUT2D eigenvalue weighted by Crippen LogP contribution is -2.49. The van der Waals surface area contributed by atoms with Gasteiger partial charge in [-0.15, -0.1) is 0 Å². The number of hydrogen-bond donors (Lipinski definition) is 2. The van der Waals surface area contributed by atoms with Crippen molar-refractivity contribution >= 4 is 17.5 Å². The van der Waals surface area contributed by atoms with Gasteiger partial charge in [0.2, 0.25) is 0 Å². The number of carbonyl (C=O) groups excluding carboxylic acids is 2. The van der Waals surface area contributed by atoms with Crippen LogP contribution in [-0.2, 0) is 14.3 Å². The summed E-state index contributed by atoms with van der Waals surface area (Å²) in [6, 6.07) is 6.50. The molecule has 1 fully saturated rings. The fourth-order valence-electron chi connectivity index (χ4n) is 2.64. The highest BCUT2D eigenvalue weighted by molar-refractivity contribution is 6.35. The molecule has 1 aliphatic heterocycles. The zero-order valence-electron chi connectivity index (χ0n) is 14.5. The van der Waals surface area contributed by atoms with Crippen molar-refractivity contribution in [2.45, 2.75) is 0 Å². The fraction of sp³-hybridized carbons (Fsp3) is 0.529. The van der Waals surface area contributed by atoms with Crippen molar-refractivity contribution in [1.82, 2.24) is 15.5 Å². The van der Waals surface area contributed by atoms with Gasteiger partial charge in [0.1, 0.15) is 5.82 Å². The molecule has 0 aliphatic carbocycles. The van der Waals surface area contributed by atoms with E-state index >= 15 is 0 Å². The molecule has 2 N–H and O–H groups in total. The summed E-state index contributed by atoms with van der Waals surface area (Å²) in [5.74, 6) is -1.50. The Morgan fingerprint density at radius 2 is 1.64 bits per heavy atom. The number of ether oxygens (including phenoxy) is 1. The van der Waals surface area contributed by atoms with Crippen LogP contribution in [0.1, 0.15) is 0 Å². The van der Waals surface area contributed by atoms with Crippen LogP contribution in [-0.4, -0.2) is 76.2 Å². The van der Waals surface area contributed by atoms with Crippen molar-refractivity contribution in [2.24, 2.45) is 0 Å². The number of methoxy groups -OCH3 is 1. The molecular formula is C17H25FN4O3. The molecular weight excluding hydrogens is 327 g/mol. The SMILES string of the molecule is COCCNC(=O)C(=O)NCCN1CCN(c2ccc(F)cc2)CC1. The van der Waals surface area contributed by atoms with Crippen LogP contribution in [0.3, 0.4) is 0 Å². The first-order chi connectivity index (χ1) is 12.1. The number of piperazine rings is 1. The molecule has 0 saturated carbocycles. The Morgan fingerprint density at radius 3 is 2.24 bits per heavy atom. The van der Waals surface area contributed by atoms with Gasteiger partial charge in [0.25, 0.3) is 0 Å². The third-order valence-electron chi connectivity index (χ3n) is 4.08.